The van der Waals surface area contributed by atoms with Crippen LogP contribution in [0.25, 0.3) is 11.0 Å². The number of benzene rings is 1. The Labute approximate surface area is 216 Å². The number of carbonyl (C=O) groups is 1. The third kappa shape index (κ3) is 6.13. The van der Waals surface area contributed by atoms with E-state index in [-0.39, 0.29) is 27.3 Å². The molecule has 4 aromatic rings. The summed E-state index contributed by atoms with van der Waals surface area (Å²) in [6, 6.07) is 5.77. The number of halogens is 2. The molecule has 0 atom stereocenters. The fourth-order valence-electron chi connectivity index (χ4n) is 3.23. The maximum Gasteiger partial charge on any atom is 0.439 e. The summed E-state index contributed by atoms with van der Waals surface area (Å²) in [6.45, 7) is 9.78. The van der Waals surface area contributed by atoms with Crippen LogP contribution in [0.4, 0.5) is 5.69 Å². The van der Waals surface area contributed by atoms with Crippen LogP contribution in [0.3, 0.4) is 0 Å². The Morgan fingerprint density at radius 2 is 1.94 bits per heavy atom. The van der Waals surface area contributed by atoms with E-state index in [0.29, 0.717) is 24.7 Å². The van der Waals surface area contributed by atoms with Crippen LogP contribution in [-0.2, 0) is 11.5 Å². The van der Waals surface area contributed by atoms with Crippen molar-refractivity contribution < 1.29 is 18.8 Å². The number of carbonyl (C=O) groups excluding carboxylic acids is 1. The standard InChI is InChI=1S/C22H24Cl2N6O5Si/c1-12-15-9-14(10-25-20(15)30(28-12)11-33-5-6-36(2,3)4)34-18-16(23)7-13(8-17(18)24)26-21(31)19-27-22(32)35-29-19/h7-10H,5-6,11H2,1-4H3,(H,26,31)(H,27,29,32). The van der Waals surface area contributed by atoms with E-state index in [2.05, 4.69) is 49.7 Å². The third-order valence-corrected chi connectivity index (χ3v) is 7.35. The van der Waals surface area contributed by atoms with Gasteiger partial charge in [0, 0.05) is 25.8 Å². The number of hydrogen-bond acceptors (Lipinski definition) is 8. The molecule has 36 heavy (non-hydrogen) atoms. The maximum absolute atomic E-state index is 12.2. The summed E-state index contributed by atoms with van der Waals surface area (Å²) in [4.78, 5) is 29.8. The molecule has 190 valence electrons. The number of nitrogens with one attached hydrogen (secondary N) is 2. The van der Waals surface area contributed by atoms with E-state index >= 15 is 0 Å². The van der Waals surface area contributed by atoms with Crippen LogP contribution in [0.15, 0.2) is 33.7 Å². The van der Waals surface area contributed by atoms with Crippen LogP contribution in [0.2, 0.25) is 35.7 Å². The largest absolute Gasteiger partial charge is 0.453 e. The fraction of sp³-hybridized carbons (Fsp3) is 0.318. The number of amides is 1. The molecule has 0 aliphatic heterocycles. The fourth-order valence-corrected chi connectivity index (χ4v) is 4.55. The summed E-state index contributed by atoms with van der Waals surface area (Å²) in [6.07, 6.45) is 1.55. The molecular formula is C22H24Cl2N6O5Si. The zero-order chi connectivity index (χ0) is 26.0. The Balaban J connectivity index is 1.48. The topological polar surface area (TPSA) is 137 Å². The molecule has 4 rings (SSSR count). The molecular weight excluding hydrogens is 527 g/mol. The number of aromatic amines is 1. The first-order valence-electron chi connectivity index (χ1n) is 11.0. The summed E-state index contributed by atoms with van der Waals surface area (Å²) in [5.74, 6) is -1.24. The minimum absolute atomic E-state index is 0.148. The summed E-state index contributed by atoms with van der Waals surface area (Å²) in [7, 11) is -1.17. The van der Waals surface area contributed by atoms with E-state index in [1.807, 2.05) is 6.92 Å². The van der Waals surface area contributed by atoms with Crippen molar-refractivity contribution in [1.82, 2.24) is 24.9 Å². The Kier molecular flexibility index (Phi) is 7.50. The number of anilines is 1. The summed E-state index contributed by atoms with van der Waals surface area (Å²) >= 11 is 12.7. The molecule has 11 nitrogen and oxygen atoms in total. The van der Waals surface area contributed by atoms with Gasteiger partial charge in [-0.1, -0.05) is 42.8 Å². The number of aromatic nitrogens is 5. The number of hydrogen-bond donors (Lipinski definition) is 2. The highest BCUT2D eigenvalue weighted by Crippen LogP contribution is 2.39. The van der Waals surface area contributed by atoms with Gasteiger partial charge >= 0.3 is 5.76 Å². The van der Waals surface area contributed by atoms with Crippen molar-refractivity contribution in [2.24, 2.45) is 0 Å². The van der Waals surface area contributed by atoms with Crippen LogP contribution in [-0.4, -0.2) is 45.5 Å². The van der Waals surface area contributed by atoms with Crippen molar-refractivity contribution in [2.45, 2.75) is 39.3 Å². The lowest BCUT2D eigenvalue weighted by Crippen LogP contribution is -2.22. The zero-order valence-corrected chi connectivity index (χ0v) is 22.5. The van der Waals surface area contributed by atoms with Gasteiger partial charge in [0.05, 0.1) is 21.9 Å². The van der Waals surface area contributed by atoms with Crippen molar-refractivity contribution in [1.29, 1.82) is 0 Å². The minimum atomic E-state index is -1.17. The van der Waals surface area contributed by atoms with E-state index in [1.165, 1.54) is 12.1 Å². The predicted octanol–water partition coefficient (Wildman–Crippen LogP) is 5.08. The van der Waals surface area contributed by atoms with E-state index in [1.54, 1.807) is 16.9 Å². The molecule has 3 aromatic heterocycles. The van der Waals surface area contributed by atoms with Crippen molar-refractivity contribution in [3.63, 3.8) is 0 Å². The summed E-state index contributed by atoms with van der Waals surface area (Å²) < 4.78 is 17.8. The van der Waals surface area contributed by atoms with Crippen LogP contribution in [0.1, 0.15) is 16.3 Å². The summed E-state index contributed by atoms with van der Waals surface area (Å²) in [5, 5.41) is 11.5. The van der Waals surface area contributed by atoms with Gasteiger partial charge in [-0.15, -0.1) is 0 Å². The Morgan fingerprint density at radius 1 is 1.22 bits per heavy atom. The highest BCUT2D eigenvalue weighted by molar-refractivity contribution is 6.76. The van der Waals surface area contributed by atoms with Crippen molar-refractivity contribution in [3.05, 3.63) is 56.5 Å². The predicted molar refractivity (Wildman–Crippen MR) is 138 cm³/mol. The maximum atomic E-state index is 12.2. The van der Waals surface area contributed by atoms with Gasteiger partial charge in [-0.05, 0) is 36.3 Å². The van der Waals surface area contributed by atoms with Crippen molar-refractivity contribution >= 4 is 53.9 Å². The second-order valence-corrected chi connectivity index (χ2v) is 15.7. The smallest absolute Gasteiger partial charge is 0.439 e. The second-order valence-electron chi connectivity index (χ2n) is 9.24. The van der Waals surface area contributed by atoms with Crippen LogP contribution >= 0.6 is 23.2 Å². The zero-order valence-electron chi connectivity index (χ0n) is 20.0. The number of ether oxygens (including phenoxy) is 2. The normalized spacial score (nSPS) is 11.7. The molecule has 0 aliphatic rings. The van der Waals surface area contributed by atoms with E-state index in [0.717, 1.165) is 17.1 Å². The van der Waals surface area contributed by atoms with Gasteiger partial charge in [-0.25, -0.2) is 14.5 Å². The van der Waals surface area contributed by atoms with Gasteiger partial charge in [-0.3, -0.25) is 14.3 Å². The van der Waals surface area contributed by atoms with Crippen molar-refractivity contribution in [3.8, 4) is 11.5 Å². The average molecular weight is 551 g/mol. The molecule has 2 N–H and O–H groups in total. The Hall–Kier alpha value is -3.19. The molecule has 0 saturated heterocycles. The molecule has 3 heterocycles. The Morgan fingerprint density at radius 3 is 2.58 bits per heavy atom. The number of aryl methyl sites for hydroxylation is 1. The van der Waals surface area contributed by atoms with E-state index in [9.17, 15) is 9.59 Å². The lowest BCUT2D eigenvalue weighted by Gasteiger charge is -2.15. The van der Waals surface area contributed by atoms with Crippen LogP contribution < -0.4 is 15.8 Å². The number of nitrogens with zero attached hydrogens (tertiary/aromatic N) is 4. The highest BCUT2D eigenvalue weighted by Gasteiger charge is 2.17. The van der Waals surface area contributed by atoms with E-state index < -0.39 is 19.7 Å². The molecule has 0 fully saturated rings. The monoisotopic (exact) mass is 550 g/mol. The van der Waals surface area contributed by atoms with Gasteiger partial charge in [0.25, 0.3) is 5.91 Å². The molecule has 0 saturated carbocycles. The molecule has 0 bridgehead atoms. The van der Waals surface area contributed by atoms with Gasteiger partial charge < -0.3 is 14.8 Å². The minimum Gasteiger partial charge on any atom is -0.453 e. The second kappa shape index (κ2) is 10.4. The molecule has 0 radical (unpaired) electrons. The highest BCUT2D eigenvalue weighted by atomic mass is 35.5. The first kappa shape index (κ1) is 25.9. The SMILES string of the molecule is Cc1nn(COCC[Si](C)(C)C)c2ncc(Oc3c(Cl)cc(NC(=O)c4noc(=O)[nH]4)cc3Cl)cc12. The summed E-state index contributed by atoms with van der Waals surface area (Å²) in [5.41, 5.74) is 1.72. The Bertz CT molecular complexity index is 1450. The van der Waals surface area contributed by atoms with Crippen molar-refractivity contribution in [2.75, 3.05) is 11.9 Å². The molecule has 1 amide bonds. The van der Waals surface area contributed by atoms with Gasteiger partial charge in [0.1, 0.15) is 12.5 Å². The van der Waals surface area contributed by atoms with Crippen LogP contribution in [0, 0.1) is 6.92 Å². The molecule has 0 unspecified atom stereocenters. The average Bonchev–Trinajstić information content (AvgIpc) is 3.36. The molecule has 0 aliphatic carbocycles. The quantitative estimate of drug-likeness (QED) is 0.217. The lowest BCUT2D eigenvalue weighted by atomic mass is 10.2. The lowest BCUT2D eigenvalue weighted by molar-refractivity contribution is 0.0810. The van der Waals surface area contributed by atoms with Gasteiger partial charge in [0.2, 0.25) is 5.82 Å². The first-order valence-corrected chi connectivity index (χ1v) is 15.4. The molecule has 1 aromatic carbocycles. The number of pyridine rings is 1. The number of fused-ring (bicyclic) bond motifs is 1. The molecule has 0 spiro atoms. The van der Waals surface area contributed by atoms with E-state index in [4.69, 9.17) is 32.7 Å². The first-order chi connectivity index (χ1) is 17.0. The molecule has 14 heteroatoms. The van der Waals surface area contributed by atoms with Gasteiger partial charge in [0.15, 0.2) is 11.4 Å². The van der Waals surface area contributed by atoms with Crippen LogP contribution in [0.5, 0.6) is 11.5 Å². The third-order valence-electron chi connectivity index (χ3n) is 5.09. The van der Waals surface area contributed by atoms with Gasteiger partial charge in [-0.2, -0.15) is 5.10 Å². The number of H-pyrrole nitrogens is 1. The number of rotatable bonds is 9.